The fraction of sp³-hybridized carbons (Fsp3) is 0.368. The van der Waals surface area contributed by atoms with Gasteiger partial charge < -0.3 is 5.11 Å². The second-order valence-corrected chi connectivity index (χ2v) is 6.27. The Morgan fingerprint density at radius 1 is 1.00 bits per heavy atom. The van der Waals surface area contributed by atoms with Crippen LogP contribution in [-0.2, 0) is 13.1 Å². The Bertz CT molecular complexity index is 614. The van der Waals surface area contributed by atoms with Gasteiger partial charge in [-0.25, -0.2) is 0 Å². The first-order valence-electron chi connectivity index (χ1n) is 7.59. The summed E-state index contributed by atoms with van der Waals surface area (Å²) in [6.07, 6.45) is -0.417. The molecule has 21 heavy (non-hydrogen) atoms. The minimum absolute atomic E-state index is 0.417. The molecule has 110 valence electrons. The molecule has 2 nitrogen and oxygen atoms in total. The van der Waals surface area contributed by atoms with Crippen molar-refractivity contribution in [1.29, 1.82) is 0 Å². The van der Waals surface area contributed by atoms with Gasteiger partial charge >= 0.3 is 0 Å². The van der Waals surface area contributed by atoms with Crippen LogP contribution in [0.15, 0.2) is 36.4 Å². The minimum Gasteiger partial charge on any atom is -0.387 e. The summed E-state index contributed by atoms with van der Waals surface area (Å²) in [6, 6.07) is 12.9. The molecule has 0 saturated heterocycles. The van der Waals surface area contributed by atoms with Crippen LogP contribution >= 0.6 is 0 Å². The van der Waals surface area contributed by atoms with E-state index in [0.717, 1.165) is 18.7 Å². The Labute approximate surface area is 127 Å². The van der Waals surface area contributed by atoms with Gasteiger partial charge in [0.2, 0.25) is 0 Å². The number of fused-ring (bicyclic) bond motifs is 1. The molecule has 0 amide bonds. The van der Waals surface area contributed by atoms with Gasteiger partial charge in [0, 0.05) is 19.6 Å². The zero-order chi connectivity index (χ0) is 15.0. The van der Waals surface area contributed by atoms with Crippen LogP contribution in [0.2, 0.25) is 0 Å². The van der Waals surface area contributed by atoms with E-state index in [2.05, 4.69) is 62.1 Å². The van der Waals surface area contributed by atoms with Gasteiger partial charge in [-0.3, -0.25) is 4.90 Å². The molecule has 1 N–H and O–H groups in total. The molecule has 0 aliphatic carbocycles. The lowest BCUT2D eigenvalue weighted by atomic mass is 9.95. The van der Waals surface area contributed by atoms with Gasteiger partial charge in [0.05, 0.1) is 6.10 Å². The number of rotatable bonds is 3. The molecule has 2 heteroatoms. The number of aliphatic hydroxyl groups excluding tert-OH is 1. The van der Waals surface area contributed by atoms with Gasteiger partial charge in [0.15, 0.2) is 0 Å². The standard InChI is InChI=1S/C19H23NO/c1-13-8-14(2)19(15(3)9-13)18(21)12-20-10-16-6-4-5-7-17(16)11-20/h4-9,18,21H,10-12H2,1-3H3. The van der Waals surface area contributed by atoms with Crippen LogP contribution in [0, 0.1) is 20.8 Å². The molecular weight excluding hydrogens is 258 g/mol. The molecule has 0 saturated carbocycles. The fourth-order valence-corrected chi connectivity index (χ4v) is 3.59. The molecule has 2 aromatic rings. The van der Waals surface area contributed by atoms with E-state index in [0.29, 0.717) is 6.54 Å². The van der Waals surface area contributed by atoms with Crippen molar-refractivity contribution in [2.24, 2.45) is 0 Å². The van der Waals surface area contributed by atoms with Crippen molar-refractivity contribution >= 4 is 0 Å². The summed E-state index contributed by atoms with van der Waals surface area (Å²) in [5, 5.41) is 10.7. The molecule has 0 fully saturated rings. The highest BCUT2D eigenvalue weighted by atomic mass is 16.3. The van der Waals surface area contributed by atoms with E-state index < -0.39 is 6.10 Å². The topological polar surface area (TPSA) is 23.5 Å². The minimum atomic E-state index is -0.417. The van der Waals surface area contributed by atoms with E-state index >= 15 is 0 Å². The highest BCUT2D eigenvalue weighted by Gasteiger charge is 2.22. The molecule has 3 rings (SSSR count). The summed E-state index contributed by atoms with van der Waals surface area (Å²) in [7, 11) is 0. The highest BCUT2D eigenvalue weighted by molar-refractivity contribution is 5.39. The summed E-state index contributed by atoms with van der Waals surface area (Å²) in [6.45, 7) is 8.87. The predicted molar refractivity (Wildman–Crippen MR) is 86.2 cm³/mol. The van der Waals surface area contributed by atoms with Crippen molar-refractivity contribution < 1.29 is 5.11 Å². The Hall–Kier alpha value is -1.64. The summed E-state index contributed by atoms with van der Waals surface area (Å²) < 4.78 is 0. The Balaban J connectivity index is 1.75. The number of aliphatic hydroxyl groups is 1. The van der Waals surface area contributed by atoms with Crippen molar-refractivity contribution in [3.8, 4) is 0 Å². The van der Waals surface area contributed by atoms with Crippen molar-refractivity contribution in [2.75, 3.05) is 6.54 Å². The van der Waals surface area contributed by atoms with Gasteiger partial charge in [0.25, 0.3) is 0 Å². The first kappa shape index (κ1) is 14.3. The number of hydrogen-bond donors (Lipinski definition) is 1. The van der Waals surface area contributed by atoms with Crippen molar-refractivity contribution in [2.45, 2.75) is 40.0 Å². The third-order valence-corrected chi connectivity index (χ3v) is 4.41. The van der Waals surface area contributed by atoms with E-state index in [1.165, 1.54) is 27.8 Å². The quantitative estimate of drug-likeness (QED) is 0.928. The third-order valence-electron chi connectivity index (χ3n) is 4.41. The van der Waals surface area contributed by atoms with Gasteiger partial charge in [-0.15, -0.1) is 0 Å². The van der Waals surface area contributed by atoms with E-state index in [9.17, 15) is 5.11 Å². The first-order valence-corrected chi connectivity index (χ1v) is 7.59. The molecule has 1 atom stereocenters. The Morgan fingerprint density at radius 2 is 1.52 bits per heavy atom. The van der Waals surface area contributed by atoms with Crippen LogP contribution in [0.5, 0.6) is 0 Å². The average Bonchev–Trinajstić information content (AvgIpc) is 2.79. The second kappa shape index (κ2) is 5.63. The van der Waals surface area contributed by atoms with E-state index in [4.69, 9.17) is 0 Å². The summed E-state index contributed by atoms with van der Waals surface area (Å²) in [5.41, 5.74) is 7.52. The van der Waals surface area contributed by atoms with Crippen LogP contribution in [0.1, 0.15) is 39.5 Å². The number of nitrogens with zero attached hydrogens (tertiary/aromatic N) is 1. The van der Waals surface area contributed by atoms with Crippen molar-refractivity contribution in [3.63, 3.8) is 0 Å². The number of hydrogen-bond acceptors (Lipinski definition) is 2. The van der Waals surface area contributed by atoms with E-state index in [1.54, 1.807) is 0 Å². The average molecular weight is 281 g/mol. The van der Waals surface area contributed by atoms with Gasteiger partial charge in [-0.1, -0.05) is 42.0 Å². The molecule has 1 aliphatic heterocycles. The van der Waals surface area contributed by atoms with Crippen molar-refractivity contribution in [1.82, 2.24) is 4.90 Å². The predicted octanol–water partition coefficient (Wildman–Crippen LogP) is 3.66. The molecule has 1 aliphatic rings. The third kappa shape index (κ3) is 2.87. The van der Waals surface area contributed by atoms with E-state index in [1.807, 2.05) is 0 Å². The zero-order valence-electron chi connectivity index (χ0n) is 13.1. The van der Waals surface area contributed by atoms with Crippen LogP contribution in [0.4, 0.5) is 0 Å². The number of benzene rings is 2. The summed E-state index contributed by atoms with van der Waals surface area (Å²) in [4.78, 5) is 2.33. The van der Waals surface area contributed by atoms with Crippen LogP contribution in [0.3, 0.4) is 0 Å². The molecule has 0 aromatic heterocycles. The van der Waals surface area contributed by atoms with Crippen LogP contribution in [-0.4, -0.2) is 16.6 Å². The monoisotopic (exact) mass is 281 g/mol. The first-order chi connectivity index (χ1) is 10.0. The Morgan fingerprint density at radius 3 is 2.05 bits per heavy atom. The lowest BCUT2D eigenvalue weighted by Crippen LogP contribution is -2.24. The normalized spacial score (nSPS) is 16.0. The molecular formula is C19H23NO. The smallest absolute Gasteiger partial charge is 0.0922 e. The van der Waals surface area contributed by atoms with E-state index in [-0.39, 0.29) is 0 Å². The maximum absolute atomic E-state index is 10.7. The number of aryl methyl sites for hydroxylation is 3. The Kier molecular flexibility index (Phi) is 3.83. The highest BCUT2D eigenvalue weighted by Crippen LogP contribution is 2.28. The SMILES string of the molecule is Cc1cc(C)c(C(O)CN2Cc3ccccc3C2)c(C)c1. The van der Waals surface area contributed by atoms with Gasteiger partial charge in [-0.2, -0.15) is 0 Å². The maximum atomic E-state index is 10.7. The van der Waals surface area contributed by atoms with Crippen LogP contribution in [0.25, 0.3) is 0 Å². The van der Waals surface area contributed by atoms with Crippen LogP contribution < -0.4 is 0 Å². The molecule has 1 unspecified atom stereocenters. The summed E-state index contributed by atoms with van der Waals surface area (Å²) >= 11 is 0. The molecule has 1 heterocycles. The van der Waals surface area contributed by atoms with Gasteiger partial charge in [-0.05, 0) is 48.6 Å². The molecule has 0 radical (unpaired) electrons. The fourth-order valence-electron chi connectivity index (χ4n) is 3.59. The summed E-state index contributed by atoms with van der Waals surface area (Å²) in [5.74, 6) is 0. The number of β-amino-alcohol motifs (C(OH)–C–C–N with tert-alkyl or cyclic N) is 1. The molecule has 2 aromatic carbocycles. The lowest BCUT2D eigenvalue weighted by molar-refractivity contribution is 0.111. The van der Waals surface area contributed by atoms with Crippen molar-refractivity contribution in [3.05, 3.63) is 69.8 Å². The second-order valence-electron chi connectivity index (χ2n) is 6.27. The lowest BCUT2D eigenvalue weighted by Gasteiger charge is -2.23. The molecule has 0 bridgehead atoms. The van der Waals surface area contributed by atoms with Gasteiger partial charge in [0.1, 0.15) is 0 Å². The molecule has 0 spiro atoms. The largest absolute Gasteiger partial charge is 0.387 e. The zero-order valence-corrected chi connectivity index (χ0v) is 13.1. The maximum Gasteiger partial charge on any atom is 0.0922 e.